The lowest BCUT2D eigenvalue weighted by molar-refractivity contribution is 0.0688. The van der Waals surface area contributed by atoms with Crippen LogP contribution in [0.4, 0.5) is 0 Å². The van der Waals surface area contributed by atoms with Gasteiger partial charge in [-0.05, 0) is 18.1 Å². The van der Waals surface area contributed by atoms with Crippen LogP contribution in [0.25, 0.3) is 0 Å². The third-order valence-corrected chi connectivity index (χ3v) is 2.38. The second-order valence-corrected chi connectivity index (χ2v) is 3.55. The monoisotopic (exact) mass is 208 g/mol. The van der Waals surface area contributed by atoms with Gasteiger partial charge < -0.3 is 10.2 Å². The van der Waals surface area contributed by atoms with Gasteiger partial charge in [-0.15, -0.1) is 0 Å². The molecule has 3 heteroatoms. The molecule has 1 rings (SSSR count). The zero-order chi connectivity index (χ0) is 11.3. The van der Waals surface area contributed by atoms with Crippen molar-refractivity contribution in [2.45, 2.75) is 32.3 Å². The Morgan fingerprint density at radius 1 is 1.40 bits per heavy atom. The van der Waals surface area contributed by atoms with Crippen molar-refractivity contribution in [2.75, 3.05) is 0 Å². The molecule has 0 saturated carbocycles. The van der Waals surface area contributed by atoms with Crippen LogP contribution in [0.2, 0.25) is 0 Å². The Balaban J connectivity index is 2.87. The van der Waals surface area contributed by atoms with Crippen LogP contribution in [0.3, 0.4) is 0 Å². The molecule has 0 aliphatic carbocycles. The van der Waals surface area contributed by atoms with E-state index in [0.29, 0.717) is 12.0 Å². The zero-order valence-corrected chi connectivity index (χ0v) is 8.81. The molecule has 0 fully saturated rings. The second kappa shape index (κ2) is 5.51. The number of carbonyl (C=O) groups is 1. The van der Waals surface area contributed by atoms with E-state index in [1.165, 1.54) is 6.07 Å². The smallest absolute Gasteiger partial charge is 0.336 e. The van der Waals surface area contributed by atoms with Gasteiger partial charge in [-0.2, -0.15) is 0 Å². The fourth-order valence-corrected chi connectivity index (χ4v) is 1.54. The molecular weight excluding hydrogens is 192 g/mol. The average molecular weight is 208 g/mol. The van der Waals surface area contributed by atoms with E-state index in [4.69, 9.17) is 5.11 Å². The zero-order valence-electron chi connectivity index (χ0n) is 8.81. The molecule has 0 aromatic heterocycles. The van der Waals surface area contributed by atoms with Gasteiger partial charge in [0.05, 0.1) is 11.7 Å². The van der Waals surface area contributed by atoms with Gasteiger partial charge in [0, 0.05) is 0 Å². The lowest BCUT2D eigenvalue weighted by Crippen LogP contribution is -2.06. The standard InChI is InChI=1S/C12H16O3/c1-2-3-8-11(13)9-6-4-5-7-10(9)12(14)15/h4-7,11,13H,2-3,8H2,1H3,(H,14,15)/t11-/m1/s1. The van der Waals surface area contributed by atoms with Crippen LogP contribution < -0.4 is 0 Å². The van der Waals surface area contributed by atoms with Crippen molar-refractivity contribution in [3.05, 3.63) is 35.4 Å². The molecule has 0 heterocycles. The predicted molar refractivity (Wildman–Crippen MR) is 57.9 cm³/mol. The summed E-state index contributed by atoms with van der Waals surface area (Å²) in [5, 5.41) is 18.7. The van der Waals surface area contributed by atoms with Crippen LogP contribution in [0, 0.1) is 0 Å². The highest BCUT2D eigenvalue weighted by Gasteiger charge is 2.15. The number of benzene rings is 1. The molecule has 0 unspecified atom stereocenters. The van der Waals surface area contributed by atoms with Crippen LogP contribution >= 0.6 is 0 Å². The normalized spacial score (nSPS) is 12.4. The first-order valence-electron chi connectivity index (χ1n) is 5.17. The summed E-state index contributed by atoms with van der Waals surface area (Å²) in [6, 6.07) is 6.60. The SMILES string of the molecule is CCCC[C@@H](O)c1ccccc1C(=O)O. The molecule has 0 aliphatic heterocycles. The number of rotatable bonds is 5. The van der Waals surface area contributed by atoms with E-state index >= 15 is 0 Å². The molecular formula is C12H16O3. The van der Waals surface area contributed by atoms with E-state index < -0.39 is 12.1 Å². The summed E-state index contributed by atoms with van der Waals surface area (Å²) in [6.45, 7) is 2.04. The number of hydrogen-bond acceptors (Lipinski definition) is 2. The van der Waals surface area contributed by atoms with Gasteiger partial charge in [0.25, 0.3) is 0 Å². The number of aliphatic hydroxyl groups excluding tert-OH is 1. The summed E-state index contributed by atoms with van der Waals surface area (Å²) in [5.74, 6) is -0.985. The van der Waals surface area contributed by atoms with Crippen molar-refractivity contribution in [3.63, 3.8) is 0 Å². The minimum atomic E-state index is -0.985. The lowest BCUT2D eigenvalue weighted by atomic mass is 9.99. The number of hydrogen-bond donors (Lipinski definition) is 2. The fraction of sp³-hybridized carbons (Fsp3) is 0.417. The molecule has 0 aliphatic rings. The molecule has 3 nitrogen and oxygen atoms in total. The highest BCUT2D eigenvalue weighted by atomic mass is 16.4. The Labute approximate surface area is 89.4 Å². The van der Waals surface area contributed by atoms with Crippen molar-refractivity contribution in [1.29, 1.82) is 0 Å². The van der Waals surface area contributed by atoms with Crippen molar-refractivity contribution in [3.8, 4) is 0 Å². The topological polar surface area (TPSA) is 57.5 Å². The maximum absolute atomic E-state index is 10.9. The first kappa shape index (κ1) is 11.7. The van der Waals surface area contributed by atoms with Crippen molar-refractivity contribution >= 4 is 5.97 Å². The van der Waals surface area contributed by atoms with Gasteiger partial charge >= 0.3 is 5.97 Å². The highest BCUT2D eigenvalue weighted by Crippen LogP contribution is 2.22. The number of unbranched alkanes of at least 4 members (excludes halogenated alkanes) is 1. The summed E-state index contributed by atoms with van der Waals surface area (Å²) < 4.78 is 0. The summed E-state index contributed by atoms with van der Waals surface area (Å²) in [5.41, 5.74) is 0.708. The molecule has 0 bridgehead atoms. The molecule has 82 valence electrons. The third kappa shape index (κ3) is 3.06. The second-order valence-electron chi connectivity index (χ2n) is 3.55. The fourth-order valence-electron chi connectivity index (χ4n) is 1.54. The lowest BCUT2D eigenvalue weighted by Gasteiger charge is -2.12. The van der Waals surface area contributed by atoms with Crippen molar-refractivity contribution in [1.82, 2.24) is 0 Å². The minimum Gasteiger partial charge on any atom is -0.478 e. The molecule has 0 amide bonds. The Hall–Kier alpha value is -1.35. The van der Waals surface area contributed by atoms with Gasteiger partial charge in [-0.1, -0.05) is 38.0 Å². The van der Waals surface area contributed by atoms with Gasteiger partial charge in [-0.3, -0.25) is 0 Å². The molecule has 2 N–H and O–H groups in total. The molecule has 1 aromatic carbocycles. The first-order valence-corrected chi connectivity index (χ1v) is 5.17. The predicted octanol–water partition coefficient (Wildman–Crippen LogP) is 2.61. The molecule has 0 spiro atoms. The number of aliphatic hydroxyl groups is 1. The largest absolute Gasteiger partial charge is 0.478 e. The summed E-state index contributed by atoms with van der Waals surface area (Å²) in [4.78, 5) is 10.9. The van der Waals surface area contributed by atoms with Crippen LogP contribution in [-0.4, -0.2) is 16.2 Å². The quantitative estimate of drug-likeness (QED) is 0.782. The number of carboxylic acid groups (broad SMARTS) is 1. The summed E-state index contributed by atoms with van der Waals surface area (Å²) in [7, 11) is 0. The van der Waals surface area contributed by atoms with Gasteiger partial charge in [0.1, 0.15) is 0 Å². The number of carboxylic acids is 1. The Kier molecular flexibility index (Phi) is 4.31. The van der Waals surface area contributed by atoms with Crippen LogP contribution in [0.5, 0.6) is 0 Å². The van der Waals surface area contributed by atoms with E-state index in [0.717, 1.165) is 12.8 Å². The molecule has 0 saturated heterocycles. The molecule has 1 atom stereocenters. The maximum Gasteiger partial charge on any atom is 0.336 e. The molecule has 0 radical (unpaired) electrons. The van der Waals surface area contributed by atoms with Crippen LogP contribution in [-0.2, 0) is 0 Å². The highest BCUT2D eigenvalue weighted by molar-refractivity contribution is 5.89. The maximum atomic E-state index is 10.9. The Morgan fingerprint density at radius 2 is 2.07 bits per heavy atom. The van der Waals surface area contributed by atoms with Gasteiger partial charge in [-0.25, -0.2) is 4.79 Å². The summed E-state index contributed by atoms with van der Waals surface area (Å²) in [6.07, 6.45) is 1.83. The number of aromatic carboxylic acids is 1. The van der Waals surface area contributed by atoms with E-state index in [-0.39, 0.29) is 5.56 Å². The summed E-state index contributed by atoms with van der Waals surface area (Å²) >= 11 is 0. The van der Waals surface area contributed by atoms with Gasteiger partial charge in [0.2, 0.25) is 0 Å². The third-order valence-electron chi connectivity index (χ3n) is 2.38. The van der Waals surface area contributed by atoms with Crippen molar-refractivity contribution < 1.29 is 15.0 Å². The minimum absolute atomic E-state index is 0.195. The van der Waals surface area contributed by atoms with E-state index in [2.05, 4.69) is 0 Å². The Morgan fingerprint density at radius 3 is 2.67 bits per heavy atom. The van der Waals surface area contributed by atoms with E-state index in [1.807, 2.05) is 6.92 Å². The molecule has 15 heavy (non-hydrogen) atoms. The average Bonchev–Trinajstić information content (AvgIpc) is 2.25. The first-order chi connectivity index (χ1) is 7.16. The Bertz CT molecular complexity index is 333. The van der Waals surface area contributed by atoms with E-state index in [9.17, 15) is 9.90 Å². The molecule has 1 aromatic rings. The van der Waals surface area contributed by atoms with E-state index in [1.54, 1.807) is 18.2 Å². The van der Waals surface area contributed by atoms with Crippen molar-refractivity contribution in [2.24, 2.45) is 0 Å². The van der Waals surface area contributed by atoms with Gasteiger partial charge in [0.15, 0.2) is 0 Å². The van der Waals surface area contributed by atoms with Crippen LogP contribution in [0.15, 0.2) is 24.3 Å². The van der Waals surface area contributed by atoms with Crippen LogP contribution in [0.1, 0.15) is 48.2 Å².